The van der Waals surface area contributed by atoms with Gasteiger partial charge >= 0.3 is 0 Å². The zero-order chi connectivity index (χ0) is 20.1. The molecule has 1 heterocycles. The molecule has 1 saturated heterocycles. The second-order valence-electron chi connectivity index (χ2n) is 6.10. The Morgan fingerprint density at radius 1 is 1.21 bits per heavy atom. The summed E-state index contributed by atoms with van der Waals surface area (Å²) in [5.41, 5.74) is 1.68. The number of hydrogen-bond donors (Lipinski definition) is 2. The molecule has 3 rings (SSSR count). The van der Waals surface area contributed by atoms with E-state index in [0.717, 1.165) is 0 Å². The largest absolute Gasteiger partial charge is 0.497 e. The number of amides is 2. The Kier molecular flexibility index (Phi) is 6.10. The van der Waals surface area contributed by atoms with Crippen molar-refractivity contribution in [2.75, 3.05) is 12.4 Å². The number of Topliss-reactive ketones (excluding diaryl/α,β-unsaturated/α-hetero) is 1. The maximum Gasteiger partial charge on any atom is 0.240 e. The average molecular weight is 397 g/mol. The molecule has 0 radical (unpaired) electrons. The minimum Gasteiger partial charge on any atom is -0.497 e. The Morgan fingerprint density at radius 2 is 2.00 bits per heavy atom. The van der Waals surface area contributed by atoms with E-state index in [2.05, 4.69) is 15.6 Å². The Labute approximate surface area is 166 Å². The number of amidine groups is 1. The summed E-state index contributed by atoms with van der Waals surface area (Å²) in [5.74, 6) is 0.00961. The number of carbonyl (C=O) groups excluding carboxylic acids is 3. The van der Waals surface area contributed by atoms with E-state index in [4.69, 9.17) is 4.74 Å². The number of anilines is 1. The molecule has 1 atom stereocenters. The molecule has 0 aliphatic carbocycles. The third-order valence-electron chi connectivity index (χ3n) is 3.98. The Balaban J connectivity index is 1.62. The first kappa shape index (κ1) is 19.6. The Hall–Kier alpha value is -3.13. The quantitative estimate of drug-likeness (QED) is 0.730. The van der Waals surface area contributed by atoms with Crippen molar-refractivity contribution in [1.29, 1.82) is 0 Å². The van der Waals surface area contributed by atoms with Crippen LogP contribution in [0, 0.1) is 0 Å². The van der Waals surface area contributed by atoms with Gasteiger partial charge in [0.15, 0.2) is 11.0 Å². The van der Waals surface area contributed by atoms with Gasteiger partial charge in [0.1, 0.15) is 11.0 Å². The maximum atomic E-state index is 12.3. The first-order chi connectivity index (χ1) is 13.4. The van der Waals surface area contributed by atoms with Crippen LogP contribution >= 0.6 is 11.8 Å². The van der Waals surface area contributed by atoms with E-state index in [0.29, 0.717) is 27.9 Å². The van der Waals surface area contributed by atoms with Crippen LogP contribution in [0.1, 0.15) is 23.7 Å². The number of nitrogens with zero attached hydrogens (tertiary/aromatic N) is 1. The molecular weight excluding hydrogens is 378 g/mol. The summed E-state index contributed by atoms with van der Waals surface area (Å²) in [6, 6.07) is 13.8. The normalized spacial score (nSPS) is 17.3. The topological polar surface area (TPSA) is 96.9 Å². The second-order valence-corrected chi connectivity index (χ2v) is 7.29. The lowest BCUT2D eigenvalue weighted by Crippen LogP contribution is -2.28. The molecular formula is C20H19N3O4S. The molecule has 1 fully saturated rings. The van der Waals surface area contributed by atoms with Gasteiger partial charge in [0.05, 0.1) is 12.8 Å². The molecule has 2 aromatic carbocycles. The molecule has 2 amide bonds. The molecule has 1 aliphatic heterocycles. The highest BCUT2D eigenvalue weighted by Crippen LogP contribution is 2.27. The van der Waals surface area contributed by atoms with Crippen LogP contribution in [0.3, 0.4) is 0 Å². The van der Waals surface area contributed by atoms with Crippen molar-refractivity contribution in [3.8, 4) is 5.75 Å². The molecule has 0 spiro atoms. The van der Waals surface area contributed by atoms with Crippen LogP contribution in [-0.2, 0) is 9.59 Å². The molecule has 0 bridgehead atoms. The van der Waals surface area contributed by atoms with E-state index >= 15 is 0 Å². The van der Waals surface area contributed by atoms with E-state index in [9.17, 15) is 14.4 Å². The van der Waals surface area contributed by atoms with Crippen molar-refractivity contribution < 1.29 is 19.1 Å². The average Bonchev–Trinajstić information content (AvgIpc) is 3.00. The summed E-state index contributed by atoms with van der Waals surface area (Å²) >= 11 is 1.21. The van der Waals surface area contributed by atoms with Gasteiger partial charge in [-0.2, -0.15) is 0 Å². The smallest absolute Gasteiger partial charge is 0.240 e. The lowest BCUT2D eigenvalue weighted by molar-refractivity contribution is -0.122. The summed E-state index contributed by atoms with van der Waals surface area (Å²) in [6.07, 6.45) is -0.00205. The number of benzene rings is 2. The molecule has 2 aromatic rings. The van der Waals surface area contributed by atoms with Crippen molar-refractivity contribution in [3.05, 3.63) is 54.1 Å². The van der Waals surface area contributed by atoms with Crippen LogP contribution in [0.15, 0.2) is 53.5 Å². The number of hydrogen-bond acceptors (Lipinski definition) is 6. The van der Waals surface area contributed by atoms with Gasteiger partial charge in [-0.25, -0.2) is 4.99 Å². The third-order valence-corrected chi connectivity index (χ3v) is 5.07. The van der Waals surface area contributed by atoms with Crippen LogP contribution in [0.25, 0.3) is 0 Å². The van der Waals surface area contributed by atoms with Crippen LogP contribution < -0.4 is 15.4 Å². The number of thioether (sulfide) groups is 1. The fraction of sp³-hybridized carbons (Fsp3) is 0.200. The number of nitrogens with one attached hydrogen (secondary N) is 2. The second kappa shape index (κ2) is 8.71. The minimum absolute atomic E-state index is 0.00205. The zero-order valence-electron chi connectivity index (χ0n) is 15.4. The van der Waals surface area contributed by atoms with E-state index in [-0.39, 0.29) is 24.0 Å². The molecule has 0 saturated carbocycles. The highest BCUT2D eigenvalue weighted by Gasteiger charge is 2.32. The van der Waals surface area contributed by atoms with Gasteiger partial charge in [0.25, 0.3) is 0 Å². The van der Waals surface area contributed by atoms with Gasteiger partial charge in [-0.15, -0.1) is 0 Å². The number of ketones is 1. The van der Waals surface area contributed by atoms with Gasteiger partial charge in [-0.05, 0) is 31.2 Å². The first-order valence-electron chi connectivity index (χ1n) is 8.55. The van der Waals surface area contributed by atoms with Crippen molar-refractivity contribution >= 4 is 45.9 Å². The van der Waals surface area contributed by atoms with Crippen molar-refractivity contribution in [2.45, 2.75) is 18.6 Å². The number of ether oxygens (including phenoxy) is 1. The Morgan fingerprint density at radius 3 is 2.75 bits per heavy atom. The number of rotatable bonds is 6. The summed E-state index contributed by atoms with van der Waals surface area (Å²) in [7, 11) is 1.57. The van der Waals surface area contributed by atoms with Crippen LogP contribution in [0.2, 0.25) is 0 Å². The number of aliphatic imine (C=N–C) groups is 1. The van der Waals surface area contributed by atoms with E-state index < -0.39 is 5.25 Å². The molecule has 7 nitrogen and oxygen atoms in total. The lowest BCUT2D eigenvalue weighted by Gasteiger charge is -2.08. The SMILES string of the molecule is COc1cccc(N=C2NC(=O)[C@H](CC(=O)Nc3cccc(C(C)=O)c3)S2)c1. The summed E-state index contributed by atoms with van der Waals surface area (Å²) in [5, 5.41) is 5.29. The summed E-state index contributed by atoms with van der Waals surface area (Å²) in [6.45, 7) is 1.46. The molecule has 28 heavy (non-hydrogen) atoms. The molecule has 0 aromatic heterocycles. The maximum absolute atomic E-state index is 12.3. The van der Waals surface area contributed by atoms with Crippen LogP contribution in [-0.4, -0.2) is 35.1 Å². The molecule has 1 aliphatic rings. The molecule has 2 N–H and O–H groups in total. The molecule has 0 unspecified atom stereocenters. The van der Waals surface area contributed by atoms with Gasteiger partial charge < -0.3 is 15.4 Å². The molecule has 144 valence electrons. The van der Waals surface area contributed by atoms with Crippen molar-refractivity contribution in [3.63, 3.8) is 0 Å². The standard InChI is InChI=1S/C20H19N3O4S/c1-12(24)13-5-3-6-14(9-13)21-18(25)11-17-19(26)23-20(28-17)22-15-7-4-8-16(10-15)27-2/h3-10,17H,11H2,1-2H3,(H,21,25)(H,22,23,26)/t17-/m0/s1. The first-order valence-corrected chi connectivity index (χ1v) is 9.43. The highest BCUT2D eigenvalue weighted by molar-refractivity contribution is 8.15. The predicted molar refractivity (Wildman–Crippen MR) is 109 cm³/mol. The highest BCUT2D eigenvalue weighted by atomic mass is 32.2. The van der Waals surface area contributed by atoms with E-state index in [1.807, 2.05) is 0 Å². The third kappa shape index (κ3) is 4.98. The summed E-state index contributed by atoms with van der Waals surface area (Å²) in [4.78, 5) is 40.3. The van der Waals surface area contributed by atoms with E-state index in [1.165, 1.54) is 18.7 Å². The van der Waals surface area contributed by atoms with Gasteiger partial charge in [0, 0.05) is 23.7 Å². The lowest BCUT2D eigenvalue weighted by atomic mass is 10.1. The number of carbonyl (C=O) groups is 3. The fourth-order valence-electron chi connectivity index (χ4n) is 2.59. The molecule has 8 heteroatoms. The minimum atomic E-state index is -0.569. The van der Waals surface area contributed by atoms with E-state index in [1.54, 1.807) is 55.6 Å². The zero-order valence-corrected chi connectivity index (χ0v) is 16.2. The fourth-order valence-corrected chi connectivity index (χ4v) is 3.57. The van der Waals surface area contributed by atoms with Crippen molar-refractivity contribution in [2.24, 2.45) is 4.99 Å². The predicted octanol–water partition coefficient (Wildman–Crippen LogP) is 3.15. The number of methoxy groups -OCH3 is 1. The Bertz CT molecular complexity index is 958. The van der Waals surface area contributed by atoms with Gasteiger partial charge in [-0.1, -0.05) is 30.0 Å². The van der Waals surface area contributed by atoms with Crippen LogP contribution in [0.5, 0.6) is 5.75 Å². The van der Waals surface area contributed by atoms with Crippen LogP contribution in [0.4, 0.5) is 11.4 Å². The van der Waals surface area contributed by atoms with Crippen molar-refractivity contribution in [1.82, 2.24) is 5.32 Å². The monoisotopic (exact) mass is 397 g/mol. The van der Waals surface area contributed by atoms with Gasteiger partial charge in [-0.3, -0.25) is 14.4 Å². The summed E-state index contributed by atoms with van der Waals surface area (Å²) < 4.78 is 5.16. The van der Waals surface area contributed by atoms with Gasteiger partial charge in [0.2, 0.25) is 11.8 Å².